The molecule has 4 rings (SSSR count). The smallest absolute Gasteiger partial charge is 0.254 e. The van der Waals surface area contributed by atoms with Gasteiger partial charge in [-0.1, -0.05) is 26.3 Å². The lowest BCUT2D eigenvalue weighted by Crippen LogP contribution is -2.50. The highest BCUT2D eigenvalue weighted by atomic mass is 16.2. The number of hydrogen-bond acceptors (Lipinski definition) is 3. The molecule has 2 aromatic rings. The maximum absolute atomic E-state index is 13.1. The first-order valence-electron chi connectivity index (χ1n) is 11.8. The number of carbonyl (C=O) groups is 1. The molecule has 0 saturated carbocycles. The Morgan fingerprint density at radius 1 is 1.07 bits per heavy atom. The third-order valence-electron chi connectivity index (χ3n) is 6.86. The molecule has 2 fully saturated rings. The zero-order valence-corrected chi connectivity index (χ0v) is 19.2. The van der Waals surface area contributed by atoms with Gasteiger partial charge in [0.1, 0.15) is 0 Å². The molecule has 5 heteroatoms. The van der Waals surface area contributed by atoms with Crippen molar-refractivity contribution in [2.45, 2.75) is 59.0 Å². The molecule has 1 aromatic carbocycles. The summed E-state index contributed by atoms with van der Waals surface area (Å²) in [5.41, 5.74) is 3.29. The lowest BCUT2D eigenvalue weighted by molar-refractivity contribution is 0.0595. The second-order valence-corrected chi connectivity index (χ2v) is 9.83. The highest BCUT2D eigenvalue weighted by Gasteiger charge is 2.27. The fourth-order valence-corrected chi connectivity index (χ4v) is 5.21. The monoisotopic (exact) mass is 410 g/mol. The molecular formula is C25H38N4O. The molecule has 2 aliphatic heterocycles. The Morgan fingerprint density at radius 3 is 2.53 bits per heavy atom. The van der Waals surface area contributed by atoms with Gasteiger partial charge in [0.2, 0.25) is 0 Å². The van der Waals surface area contributed by atoms with E-state index in [1.165, 1.54) is 36.8 Å². The third-order valence-corrected chi connectivity index (χ3v) is 6.86. The Hall–Kier alpha value is -1.85. The summed E-state index contributed by atoms with van der Waals surface area (Å²) in [7, 11) is 0. The van der Waals surface area contributed by atoms with Crippen LogP contribution in [0.25, 0.3) is 10.9 Å². The van der Waals surface area contributed by atoms with Crippen molar-refractivity contribution in [2.75, 3.05) is 39.3 Å². The first-order valence-corrected chi connectivity index (χ1v) is 11.8. The Balaban J connectivity index is 1.51. The predicted octanol–water partition coefficient (Wildman–Crippen LogP) is 4.52. The van der Waals surface area contributed by atoms with Gasteiger partial charge in [0.25, 0.3) is 5.91 Å². The van der Waals surface area contributed by atoms with E-state index in [2.05, 4.69) is 60.8 Å². The summed E-state index contributed by atoms with van der Waals surface area (Å²) in [6.07, 6.45) is 6.00. The molecule has 0 aliphatic carbocycles. The minimum absolute atomic E-state index is 0.163. The van der Waals surface area contributed by atoms with E-state index in [1.54, 1.807) is 0 Å². The molecular weight excluding hydrogens is 372 g/mol. The first kappa shape index (κ1) is 21.4. The number of hydrogen-bond donors (Lipinski definition) is 1. The van der Waals surface area contributed by atoms with Gasteiger partial charge in [-0.3, -0.25) is 14.6 Å². The summed E-state index contributed by atoms with van der Waals surface area (Å²) in [5.74, 6) is 0.840. The van der Waals surface area contributed by atoms with Gasteiger partial charge in [0.05, 0.1) is 0 Å². The van der Waals surface area contributed by atoms with Crippen LogP contribution in [-0.4, -0.2) is 70.9 Å². The van der Waals surface area contributed by atoms with Crippen molar-refractivity contribution < 1.29 is 4.79 Å². The average molecular weight is 411 g/mol. The number of nitrogens with zero attached hydrogens (tertiary/aromatic N) is 3. The maximum Gasteiger partial charge on any atom is 0.254 e. The quantitative estimate of drug-likeness (QED) is 0.788. The van der Waals surface area contributed by atoms with Crippen molar-refractivity contribution in [2.24, 2.45) is 5.92 Å². The highest BCUT2D eigenvalue weighted by Crippen LogP contribution is 2.35. The number of aromatic nitrogens is 1. The second kappa shape index (κ2) is 9.11. The van der Waals surface area contributed by atoms with Gasteiger partial charge < -0.3 is 9.88 Å². The Labute approximate surface area is 181 Å². The van der Waals surface area contributed by atoms with Crippen molar-refractivity contribution in [1.29, 1.82) is 0 Å². The molecule has 2 saturated heterocycles. The Kier molecular flexibility index (Phi) is 6.49. The van der Waals surface area contributed by atoms with E-state index in [1.807, 2.05) is 11.0 Å². The fourth-order valence-electron chi connectivity index (χ4n) is 5.21. The summed E-state index contributed by atoms with van der Waals surface area (Å²) in [5, 5.41) is 1.27. The van der Waals surface area contributed by atoms with Crippen LogP contribution < -0.4 is 0 Å². The van der Waals surface area contributed by atoms with Gasteiger partial charge in [-0.25, -0.2) is 0 Å². The molecule has 1 aromatic heterocycles. The molecule has 3 heterocycles. The van der Waals surface area contributed by atoms with Gasteiger partial charge in [-0.15, -0.1) is 0 Å². The van der Waals surface area contributed by atoms with Crippen molar-refractivity contribution in [3.05, 3.63) is 35.5 Å². The van der Waals surface area contributed by atoms with Crippen LogP contribution in [0.3, 0.4) is 0 Å². The van der Waals surface area contributed by atoms with Gasteiger partial charge in [0, 0.05) is 67.5 Å². The lowest BCUT2D eigenvalue weighted by atomic mass is 9.93. The summed E-state index contributed by atoms with van der Waals surface area (Å²) >= 11 is 0. The zero-order valence-electron chi connectivity index (χ0n) is 19.2. The van der Waals surface area contributed by atoms with Crippen LogP contribution in [0.4, 0.5) is 0 Å². The van der Waals surface area contributed by atoms with Gasteiger partial charge in [-0.2, -0.15) is 0 Å². The summed E-state index contributed by atoms with van der Waals surface area (Å²) < 4.78 is 0. The molecule has 2 aliphatic rings. The van der Waals surface area contributed by atoms with Crippen LogP contribution >= 0.6 is 0 Å². The van der Waals surface area contributed by atoms with Crippen molar-refractivity contribution in [3.63, 3.8) is 0 Å². The molecule has 1 atom stereocenters. The number of carbonyl (C=O) groups excluding carboxylic acids is 1. The zero-order chi connectivity index (χ0) is 21.3. The first-order chi connectivity index (χ1) is 14.4. The molecule has 5 nitrogen and oxygen atoms in total. The summed E-state index contributed by atoms with van der Waals surface area (Å²) in [6, 6.07) is 7.30. The van der Waals surface area contributed by atoms with Crippen LogP contribution in [0.15, 0.2) is 24.4 Å². The number of nitrogens with one attached hydrogen (secondary N) is 1. The predicted molar refractivity (Wildman–Crippen MR) is 124 cm³/mol. The van der Waals surface area contributed by atoms with Crippen molar-refractivity contribution in [1.82, 2.24) is 19.7 Å². The fraction of sp³-hybridized carbons (Fsp3) is 0.640. The molecule has 0 radical (unpaired) electrons. The number of rotatable bonds is 5. The number of likely N-dealkylation sites (tertiary alicyclic amines) is 1. The minimum atomic E-state index is 0.163. The number of amides is 1. The molecule has 0 bridgehead atoms. The van der Waals surface area contributed by atoms with Crippen LogP contribution in [0.2, 0.25) is 0 Å². The number of fused-ring (bicyclic) bond motifs is 1. The third kappa shape index (κ3) is 4.42. The Morgan fingerprint density at radius 2 is 1.83 bits per heavy atom. The number of H-pyrrole nitrogens is 1. The molecule has 164 valence electrons. The SMILES string of the molecule is CC(C)CN1CCCCC1c1c[nH]c2cc(C(=O)N3CCN(C(C)C)CC3)ccc12. The second-order valence-electron chi connectivity index (χ2n) is 9.83. The number of aromatic amines is 1. The number of piperidine rings is 1. The summed E-state index contributed by atoms with van der Waals surface area (Å²) in [4.78, 5) is 23.7. The molecule has 0 spiro atoms. The van der Waals surface area contributed by atoms with Crippen LogP contribution in [0, 0.1) is 5.92 Å². The summed E-state index contributed by atoms with van der Waals surface area (Å²) in [6.45, 7) is 15.0. The molecule has 30 heavy (non-hydrogen) atoms. The topological polar surface area (TPSA) is 42.6 Å². The van der Waals surface area contributed by atoms with Crippen LogP contribution in [-0.2, 0) is 0 Å². The highest BCUT2D eigenvalue weighted by molar-refractivity contribution is 5.98. The van der Waals surface area contributed by atoms with Gasteiger partial charge >= 0.3 is 0 Å². The minimum Gasteiger partial charge on any atom is -0.361 e. The number of benzene rings is 1. The largest absolute Gasteiger partial charge is 0.361 e. The van der Waals surface area contributed by atoms with Gasteiger partial charge in [-0.05, 0) is 56.8 Å². The molecule has 1 unspecified atom stereocenters. The van der Waals surface area contributed by atoms with E-state index in [-0.39, 0.29) is 5.91 Å². The van der Waals surface area contributed by atoms with E-state index in [4.69, 9.17) is 0 Å². The van der Waals surface area contributed by atoms with Crippen molar-refractivity contribution in [3.8, 4) is 0 Å². The number of piperazine rings is 1. The van der Waals surface area contributed by atoms with E-state index in [9.17, 15) is 4.79 Å². The lowest BCUT2D eigenvalue weighted by Gasteiger charge is -2.37. The standard InChI is InChI=1S/C25H38N4O/c1-18(2)17-29-10-6-5-7-24(29)22-16-26-23-15-20(8-9-21(22)23)25(30)28-13-11-27(12-14-28)19(3)4/h8-9,15-16,18-19,24,26H,5-7,10-14,17H2,1-4H3. The van der Waals surface area contributed by atoms with Gasteiger partial charge in [0.15, 0.2) is 0 Å². The van der Waals surface area contributed by atoms with Crippen molar-refractivity contribution >= 4 is 16.8 Å². The van der Waals surface area contributed by atoms with E-state index >= 15 is 0 Å². The van der Waals surface area contributed by atoms with E-state index in [0.717, 1.165) is 43.8 Å². The van der Waals surface area contributed by atoms with Crippen LogP contribution in [0.1, 0.15) is 68.9 Å². The molecule has 1 amide bonds. The van der Waals surface area contributed by atoms with E-state index in [0.29, 0.717) is 18.0 Å². The van der Waals surface area contributed by atoms with Crippen LogP contribution in [0.5, 0.6) is 0 Å². The molecule has 1 N–H and O–H groups in total. The average Bonchev–Trinajstić information content (AvgIpc) is 3.16. The normalized spacial score (nSPS) is 21.8. The van der Waals surface area contributed by atoms with E-state index < -0.39 is 0 Å². The maximum atomic E-state index is 13.1. The Bertz CT molecular complexity index is 863.